The highest BCUT2D eigenvalue weighted by molar-refractivity contribution is 7.89. The van der Waals surface area contributed by atoms with E-state index in [1.807, 2.05) is 44.2 Å². The van der Waals surface area contributed by atoms with Gasteiger partial charge in [-0.1, -0.05) is 30.3 Å². The van der Waals surface area contributed by atoms with Crippen molar-refractivity contribution >= 4 is 10.0 Å². The lowest BCUT2D eigenvalue weighted by Gasteiger charge is -2.17. The molecule has 0 fully saturated rings. The summed E-state index contributed by atoms with van der Waals surface area (Å²) in [5.74, 6) is -0.0610. The number of nitrogens with one attached hydrogen (secondary N) is 1. The van der Waals surface area contributed by atoms with E-state index < -0.39 is 16.1 Å². The van der Waals surface area contributed by atoms with E-state index in [4.69, 9.17) is 10.5 Å². The van der Waals surface area contributed by atoms with Gasteiger partial charge in [0.2, 0.25) is 10.0 Å². The topological polar surface area (TPSA) is 81.4 Å². The molecule has 0 heterocycles. The zero-order valence-corrected chi connectivity index (χ0v) is 12.2. The molecule has 6 heteroatoms. The van der Waals surface area contributed by atoms with E-state index in [1.54, 1.807) is 0 Å². The molecule has 0 saturated heterocycles. The SMILES string of the molecule is CC(C)OCCS(=O)(=O)NC(CN)c1ccccc1. The summed E-state index contributed by atoms with van der Waals surface area (Å²) in [4.78, 5) is 0. The summed E-state index contributed by atoms with van der Waals surface area (Å²) < 4.78 is 31.7. The molecule has 3 N–H and O–H groups in total. The Morgan fingerprint density at radius 1 is 1.26 bits per heavy atom. The van der Waals surface area contributed by atoms with Gasteiger partial charge in [0.15, 0.2) is 0 Å². The van der Waals surface area contributed by atoms with Crippen molar-refractivity contribution in [2.45, 2.75) is 26.0 Å². The van der Waals surface area contributed by atoms with Crippen LogP contribution < -0.4 is 10.5 Å². The van der Waals surface area contributed by atoms with Crippen molar-refractivity contribution in [1.29, 1.82) is 0 Å². The van der Waals surface area contributed by atoms with Crippen molar-refractivity contribution in [3.05, 3.63) is 35.9 Å². The van der Waals surface area contributed by atoms with Gasteiger partial charge in [-0.05, 0) is 19.4 Å². The van der Waals surface area contributed by atoms with Crippen molar-refractivity contribution < 1.29 is 13.2 Å². The summed E-state index contributed by atoms with van der Waals surface area (Å²) in [6, 6.07) is 8.89. The molecule has 0 aliphatic rings. The smallest absolute Gasteiger partial charge is 0.214 e. The molecule has 0 saturated carbocycles. The van der Waals surface area contributed by atoms with Gasteiger partial charge in [-0.3, -0.25) is 0 Å². The number of sulfonamides is 1. The summed E-state index contributed by atoms with van der Waals surface area (Å²) in [7, 11) is -3.39. The molecule has 1 atom stereocenters. The minimum absolute atomic E-state index is 0.0228. The fraction of sp³-hybridized carbons (Fsp3) is 0.538. The summed E-state index contributed by atoms with van der Waals surface area (Å²) >= 11 is 0. The molecular formula is C13H22N2O3S. The van der Waals surface area contributed by atoms with Gasteiger partial charge in [-0.15, -0.1) is 0 Å². The minimum Gasteiger partial charge on any atom is -0.378 e. The number of ether oxygens (including phenoxy) is 1. The Morgan fingerprint density at radius 2 is 1.89 bits per heavy atom. The zero-order chi connectivity index (χ0) is 14.3. The Morgan fingerprint density at radius 3 is 2.42 bits per heavy atom. The van der Waals surface area contributed by atoms with E-state index >= 15 is 0 Å². The predicted octanol–water partition coefficient (Wildman–Crippen LogP) is 1.03. The highest BCUT2D eigenvalue weighted by Crippen LogP contribution is 2.12. The van der Waals surface area contributed by atoms with E-state index in [0.29, 0.717) is 0 Å². The molecule has 1 aromatic carbocycles. The lowest BCUT2D eigenvalue weighted by Crippen LogP contribution is -2.36. The van der Waals surface area contributed by atoms with Gasteiger partial charge in [-0.25, -0.2) is 13.1 Å². The molecule has 108 valence electrons. The third-order valence-electron chi connectivity index (χ3n) is 2.56. The molecule has 0 aliphatic carbocycles. The molecule has 0 aliphatic heterocycles. The molecule has 0 radical (unpaired) electrons. The standard InChI is InChI=1S/C13H22N2O3S/c1-11(2)18-8-9-19(16,17)15-13(10-14)12-6-4-3-5-7-12/h3-7,11,13,15H,8-10,14H2,1-2H3. The Bertz CT molecular complexity index is 460. The fourth-order valence-corrected chi connectivity index (χ4v) is 2.71. The van der Waals surface area contributed by atoms with Crippen molar-refractivity contribution in [3.8, 4) is 0 Å². The first-order valence-corrected chi connectivity index (χ1v) is 7.96. The van der Waals surface area contributed by atoms with E-state index in [0.717, 1.165) is 5.56 Å². The average Bonchev–Trinajstić information content (AvgIpc) is 2.36. The van der Waals surface area contributed by atoms with Crippen LogP contribution in [0.2, 0.25) is 0 Å². The summed E-state index contributed by atoms with van der Waals surface area (Å²) in [6.07, 6.45) is 0.0228. The maximum absolute atomic E-state index is 11.9. The first kappa shape index (κ1) is 16.1. The fourth-order valence-electron chi connectivity index (χ4n) is 1.61. The van der Waals surface area contributed by atoms with Gasteiger partial charge < -0.3 is 10.5 Å². The van der Waals surface area contributed by atoms with Crippen molar-refractivity contribution in [2.75, 3.05) is 18.9 Å². The van der Waals surface area contributed by atoms with Gasteiger partial charge >= 0.3 is 0 Å². The molecule has 1 rings (SSSR count). The second-order valence-corrected chi connectivity index (χ2v) is 6.43. The van der Waals surface area contributed by atoms with Crippen LogP contribution in [0.4, 0.5) is 0 Å². The third kappa shape index (κ3) is 6.15. The van der Waals surface area contributed by atoms with Crippen LogP contribution in [0.3, 0.4) is 0 Å². The highest BCUT2D eigenvalue weighted by atomic mass is 32.2. The first-order valence-electron chi connectivity index (χ1n) is 6.31. The molecule has 0 spiro atoms. The predicted molar refractivity (Wildman–Crippen MR) is 76.2 cm³/mol. The van der Waals surface area contributed by atoms with Crippen LogP contribution in [-0.4, -0.2) is 33.4 Å². The molecular weight excluding hydrogens is 264 g/mol. The second-order valence-electron chi connectivity index (χ2n) is 4.56. The maximum Gasteiger partial charge on any atom is 0.214 e. The average molecular weight is 286 g/mol. The summed E-state index contributed by atoms with van der Waals surface area (Å²) in [5.41, 5.74) is 6.49. The van der Waals surface area contributed by atoms with Crippen LogP contribution >= 0.6 is 0 Å². The Labute approximate surface area is 115 Å². The quantitative estimate of drug-likeness (QED) is 0.748. The number of benzene rings is 1. The van der Waals surface area contributed by atoms with Crippen molar-refractivity contribution in [1.82, 2.24) is 4.72 Å². The van der Waals surface area contributed by atoms with Gasteiger partial charge in [0.1, 0.15) is 0 Å². The number of nitrogens with two attached hydrogens (primary N) is 1. The van der Waals surface area contributed by atoms with Gasteiger partial charge in [0, 0.05) is 6.54 Å². The van der Waals surface area contributed by atoms with Gasteiger partial charge in [0.25, 0.3) is 0 Å². The number of hydrogen-bond acceptors (Lipinski definition) is 4. The lowest BCUT2D eigenvalue weighted by molar-refractivity contribution is 0.0911. The van der Waals surface area contributed by atoms with E-state index in [-0.39, 0.29) is 25.0 Å². The van der Waals surface area contributed by atoms with Crippen LogP contribution in [0, 0.1) is 0 Å². The molecule has 5 nitrogen and oxygen atoms in total. The number of rotatable bonds is 8. The van der Waals surface area contributed by atoms with Crippen molar-refractivity contribution in [3.63, 3.8) is 0 Å². The largest absolute Gasteiger partial charge is 0.378 e. The van der Waals surface area contributed by atoms with Crippen LogP contribution in [0.1, 0.15) is 25.5 Å². The molecule has 0 aromatic heterocycles. The molecule has 19 heavy (non-hydrogen) atoms. The Balaban J connectivity index is 2.60. The Kier molecular flexibility index (Phi) is 6.44. The monoisotopic (exact) mass is 286 g/mol. The van der Waals surface area contributed by atoms with Gasteiger partial charge in [0.05, 0.1) is 24.5 Å². The van der Waals surface area contributed by atoms with E-state index in [1.165, 1.54) is 0 Å². The van der Waals surface area contributed by atoms with Crippen LogP contribution in [0.5, 0.6) is 0 Å². The third-order valence-corrected chi connectivity index (χ3v) is 3.91. The Hall–Kier alpha value is -0.950. The van der Waals surface area contributed by atoms with E-state index in [2.05, 4.69) is 4.72 Å². The molecule has 1 aromatic rings. The molecule has 1 unspecified atom stereocenters. The first-order chi connectivity index (χ1) is 8.94. The van der Waals surface area contributed by atoms with Crippen LogP contribution in [0.25, 0.3) is 0 Å². The molecule has 0 amide bonds. The zero-order valence-electron chi connectivity index (χ0n) is 11.4. The maximum atomic E-state index is 11.9. The van der Waals surface area contributed by atoms with Gasteiger partial charge in [-0.2, -0.15) is 0 Å². The lowest BCUT2D eigenvalue weighted by atomic mass is 10.1. The minimum atomic E-state index is -3.39. The van der Waals surface area contributed by atoms with E-state index in [9.17, 15) is 8.42 Å². The molecule has 0 bridgehead atoms. The van der Waals surface area contributed by atoms with Crippen LogP contribution in [-0.2, 0) is 14.8 Å². The number of hydrogen-bond donors (Lipinski definition) is 2. The van der Waals surface area contributed by atoms with Crippen LogP contribution in [0.15, 0.2) is 30.3 Å². The van der Waals surface area contributed by atoms with Crippen molar-refractivity contribution in [2.24, 2.45) is 5.73 Å². The second kappa shape index (κ2) is 7.59. The summed E-state index contributed by atoms with van der Waals surface area (Å²) in [6.45, 7) is 4.13. The normalized spacial score (nSPS) is 13.7. The summed E-state index contributed by atoms with van der Waals surface area (Å²) in [5, 5.41) is 0. The highest BCUT2D eigenvalue weighted by Gasteiger charge is 2.18.